The Hall–Kier alpha value is -5.48. The molecule has 1 aliphatic carbocycles. The molecule has 41 heavy (non-hydrogen) atoms. The first kappa shape index (κ1) is 21.4. The topological polar surface area (TPSA) is 35.1 Å². The zero-order valence-electron chi connectivity index (χ0n) is 22.0. The molecule has 0 atom stereocenters. The number of benzene rings is 5. The van der Waals surface area contributed by atoms with Gasteiger partial charge < -0.3 is 4.57 Å². The molecule has 4 nitrogen and oxygen atoms in total. The second kappa shape index (κ2) is 7.58. The SMILES string of the molecule is c1ccc(-n2c3ccccc3c3cc4c(cc32)Cc2cc3c(cc2-4)c2ncccc2n2c4ccccc4nc32)cc1. The highest BCUT2D eigenvalue weighted by molar-refractivity contribution is 6.15. The van der Waals surface area contributed by atoms with Gasteiger partial charge in [0.05, 0.1) is 33.1 Å². The number of rotatable bonds is 1. The summed E-state index contributed by atoms with van der Waals surface area (Å²) in [5.74, 6) is 0. The molecular formula is C37H22N4. The zero-order valence-corrected chi connectivity index (χ0v) is 22.0. The summed E-state index contributed by atoms with van der Waals surface area (Å²) < 4.78 is 4.68. The van der Waals surface area contributed by atoms with E-state index in [-0.39, 0.29) is 0 Å². The molecule has 0 aliphatic heterocycles. The van der Waals surface area contributed by atoms with Crippen molar-refractivity contribution in [1.82, 2.24) is 18.9 Å². The van der Waals surface area contributed by atoms with Crippen LogP contribution in [0, 0.1) is 0 Å². The first-order chi connectivity index (χ1) is 20.3. The lowest BCUT2D eigenvalue weighted by Crippen LogP contribution is -1.94. The predicted octanol–water partition coefficient (Wildman–Crippen LogP) is 8.86. The van der Waals surface area contributed by atoms with Crippen molar-refractivity contribution in [3.05, 3.63) is 133 Å². The highest BCUT2D eigenvalue weighted by atomic mass is 15.0. The number of para-hydroxylation sites is 4. The Labute approximate surface area is 234 Å². The summed E-state index contributed by atoms with van der Waals surface area (Å²) in [7, 11) is 0. The minimum Gasteiger partial charge on any atom is -0.309 e. The fourth-order valence-electron chi connectivity index (χ4n) is 7.17. The fraction of sp³-hybridized carbons (Fsp3) is 0.0270. The molecule has 1 aliphatic rings. The van der Waals surface area contributed by atoms with Crippen molar-refractivity contribution >= 4 is 60.3 Å². The normalized spacial score (nSPS) is 12.8. The number of imidazole rings is 1. The number of hydrogen-bond acceptors (Lipinski definition) is 2. The van der Waals surface area contributed by atoms with Crippen molar-refractivity contribution in [3.8, 4) is 16.8 Å². The lowest BCUT2D eigenvalue weighted by atomic mass is 9.99. The van der Waals surface area contributed by atoms with Gasteiger partial charge in [0.2, 0.25) is 0 Å². The first-order valence-electron chi connectivity index (χ1n) is 14.1. The number of aromatic nitrogens is 4. The molecule has 0 radical (unpaired) electrons. The lowest BCUT2D eigenvalue weighted by Gasteiger charge is -2.11. The highest BCUT2D eigenvalue weighted by Crippen LogP contribution is 2.45. The van der Waals surface area contributed by atoms with E-state index in [0.717, 1.165) is 44.9 Å². The van der Waals surface area contributed by atoms with Gasteiger partial charge in [-0.05, 0) is 95.4 Å². The molecule has 190 valence electrons. The van der Waals surface area contributed by atoms with Gasteiger partial charge >= 0.3 is 0 Å². The van der Waals surface area contributed by atoms with Crippen molar-refractivity contribution < 1.29 is 0 Å². The Morgan fingerprint density at radius 3 is 2.17 bits per heavy atom. The molecule has 0 amide bonds. The molecular weight excluding hydrogens is 500 g/mol. The van der Waals surface area contributed by atoms with Crippen molar-refractivity contribution in [1.29, 1.82) is 0 Å². The number of nitrogens with zero attached hydrogens (tertiary/aromatic N) is 4. The first-order valence-corrected chi connectivity index (χ1v) is 14.1. The van der Waals surface area contributed by atoms with Crippen LogP contribution in [0.25, 0.3) is 77.1 Å². The van der Waals surface area contributed by atoms with Crippen LogP contribution in [-0.2, 0) is 6.42 Å². The summed E-state index contributed by atoms with van der Waals surface area (Å²) in [6.07, 6.45) is 2.80. The molecule has 0 fully saturated rings. The minimum absolute atomic E-state index is 0.902. The summed E-state index contributed by atoms with van der Waals surface area (Å²) in [6, 6.07) is 41.6. The van der Waals surface area contributed by atoms with Gasteiger partial charge in [-0.25, -0.2) is 4.98 Å². The highest BCUT2D eigenvalue weighted by Gasteiger charge is 2.25. The molecule has 0 saturated heterocycles. The number of pyridine rings is 2. The summed E-state index contributed by atoms with van der Waals surface area (Å²) in [5.41, 5.74) is 14.2. The minimum atomic E-state index is 0.902. The molecule has 0 N–H and O–H groups in total. The van der Waals surface area contributed by atoms with E-state index in [4.69, 9.17) is 9.97 Å². The standard InChI is InChI=1S/C37H22N4/c1-2-9-24(10-3-1)40-32-13-6-4-11-25(32)28-20-26-23(19-35(28)40)17-22-18-30-29(21-27(22)26)36-34(15-8-16-38-36)41-33-14-7-5-12-31(33)39-37(30)41/h1-16,18-21H,17H2. The quantitative estimate of drug-likeness (QED) is 0.202. The molecule has 10 rings (SSSR count). The van der Waals surface area contributed by atoms with E-state index in [1.807, 2.05) is 12.3 Å². The third-order valence-corrected chi connectivity index (χ3v) is 8.91. The van der Waals surface area contributed by atoms with E-state index < -0.39 is 0 Å². The Morgan fingerprint density at radius 2 is 1.27 bits per heavy atom. The average molecular weight is 523 g/mol. The monoisotopic (exact) mass is 522 g/mol. The molecule has 4 heteroatoms. The largest absolute Gasteiger partial charge is 0.309 e. The van der Waals surface area contributed by atoms with Crippen molar-refractivity contribution in [2.45, 2.75) is 6.42 Å². The molecule has 0 bridgehead atoms. The average Bonchev–Trinajstić information content (AvgIpc) is 3.69. The molecule has 4 aromatic heterocycles. The van der Waals surface area contributed by atoms with Gasteiger partial charge in [-0.2, -0.15) is 0 Å². The second-order valence-electron chi connectivity index (χ2n) is 11.1. The maximum Gasteiger partial charge on any atom is 0.146 e. The molecule has 0 saturated carbocycles. The maximum absolute atomic E-state index is 5.12. The van der Waals surface area contributed by atoms with Crippen molar-refractivity contribution in [2.75, 3.05) is 0 Å². The maximum atomic E-state index is 5.12. The Kier molecular flexibility index (Phi) is 3.95. The molecule has 4 heterocycles. The summed E-state index contributed by atoms with van der Waals surface area (Å²) in [4.78, 5) is 10.0. The van der Waals surface area contributed by atoms with Gasteiger partial charge in [0.1, 0.15) is 5.65 Å². The molecule has 9 aromatic rings. The zero-order chi connectivity index (χ0) is 26.7. The van der Waals surface area contributed by atoms with Crippen LogP contribution in [0.15, 0.2) is 121 Å². The Morgan fingerprint density at radius 1 is 0.537 bits per heavy atom. The summed E-state index contributed by atoms with van der Waals surface area (Å²) in [5, 5.41) is 4.87. The van der Waals surface area contributed by atoms with Crippen LogP contribution < -0.4 is 0 Å². The van der Waals surface area contributed by atoms with Crippen LogP contribution in [-0.4, -0.2) is 18.9 Å². The molecule has 0 unspecified atom stereocenters. The number of hydrogen-bond donors (Lipinski definition) is 0. The van der Waals surface area contributed by atoms with Crippen molar-refractivity contribution in [2.24, 2.45) is 0 Å². The van der Waals surface area contributed by atoms with Crippen LogP contribution in [0.4, 0.5) is 0 Å². The van der Waals surface area contributed by atoms with E-state index in [0.29, 0.717) is 0 Å². The number of fused-ring (bicyclic) bond motifs is 14. The van der Waals surface area contributed by atoms with Crippen LogP contribution in [0.3, 0.4) is 0 Å². The summed E-state index contributed by atoms with van der Waals surface area (Å²) >= 11 is 0. The van der Waals surface area contributed by atoms with Gasteiger partial charge in [-0.1, -0.05) is 48.5 Å². The van der Waals surface area contributed by atoms with E-state index in [1.54, 1.807) is 0 Å². The molecule has 5 aromatic carbocycles. The van der Waals surface area contributed by atoms with Crippen LogP contribution in [0.5, 0.6) is 0 Å². The Bertz CT molecular complexity index is 2550. The van der Waals surface area contributed by atoms with Gasteiger partial charge in [-0.15, -0.1) is 0 Å². The van der Waals surface area contributed by atoms with E-state index in [9.17, 15) is 0 Å². The van der Waals surface area contributed by atoms with Gasteiger partial charge in [-0.3, -0.25) is 9.38 Å². The predicted molar refractivity (Wildman–Crippen MR) is 168 cm³/mol. The van der Waals surface area contributed by atoms with Crippen LogP contribution >= 0.6 is 0 Å². The van der Waals surface area contributed by atoms with Gasteiger partial charge in [0.15, 0.2) is 0 Å². The molecule has 0 spiro atoms. The summed E-state index contributed by atoms with van der Waals surface area (Å²) in [6.45, 7) is 0. The van der Waals surface area contributed by atoms with Gasteiger partial charge in [0, 0.05) is 33.4 Å². The van der Waals surface area contributed by atoms with Gasteiger partial charge in [0.25, 0.3) is 0 Å². The van der Waals surface area contributed by atoms with E-state index >= 15 is 0 Å². The smallest absolute Gasteiger partial charge is 0.146 e. The third kappa shape index (κ3) is 2.74. The van der Waals surface area contributed by atoms with Crippen LogP contribution in [0.2, 0.25) is 0 Å². The van der Waals surface area contributed by atoms with Crippen LogP contribution in [0.1, 0.15) is 11.1 Å². The van der Waals surface area contributed by atoms with E-state index in [1.165, 1.54) is 49.7 Å². The third-order valence-electron chi connectivity index (χ3n) is 8.91. The van der Waals surface area contributed by atoms with Crippen molar-refractivity contribution in [3.63, 3.8) is 0 Å². The van der Waals surface area contributed by atoms with E-state index in [2.05, 4.69) is 118 Å². The Balaban J connectivity index is 1.30. The lowest BCUT2D eigenvalue weighted by molar-refractivity contribution is 1.17. The fourth-order valence-corrected chi connectivity index (χ4v) is 7.17. The second-order valence-corrected chi connectivity index (χ2v) is 11.1.